The first kappa shape index (κ1) is 95.6. The Hall–Kier alpha value is -15.9. The lowest BCUT2D eigenvalue weighted by Crippen LogP contribution is -2.56. The molecule has 646 valence electrons. The van der Waals surface area contributed by atoms with Crippen LogP contribution in [0.5, 0.6) is 23.0 Å². The fourth-order valence-corrected chi connectivity index (χ4v) is 12.1. The van der Waals surface area contributed by atoms with Gasteiger partial charge in [-0.1, -0.05) is 138 Å². The molecule has 2 aliphatic rings. The summed E-state index contributed by atoms with van der Waals surface area (Å²) in [6.07, 6.45) is -0.0237. The van der Waals surface area contributed by atoms with Crippen molar-refractivity contribution < 1.29 is 76.4 Å². The first-order valence-electron chi connectivity index (χ1n) is 39.5. The lowest BCUT2D eigenvalue weighted by atomic mass is 9.80. The minimum Gasteiger partial charge on any atom is -0.480 e. The molecule has 0 radical (unpaired) electrons. The third-order valence-corrected chi connectivity index (χ3v) is 20.0. The molecule has 25 nitrogen and oxygen atoms in total. The molecule has 0 unspecified atom stereocenters. The van der Waals surface area contributed by atoms with Crippen LogP contribution < -0.4 is 60.2 Å². The molecule has 0 saturated carbocycles. The van der Waals surface area contributed by atoms with Crippen molar-refractivity contribution in [3.05, 3.63) is 373 Å². The van der Waals surface area contributed by atoms with Gasteiger partial charge in [0, 0.05) is 36.2 Å². The number of hydrogen-bond acceptors (Lipinski definition) is 22. The van der Waals surface area contributed by atoms with Crippen LogP contribution in [0.25, 0.3) is 43.8 Å². The molecule has 11 N–H and O–H groups in total. The maximum atomic E-state index is 11.6. The van der Waals surface area contributed by atoms with Gasteiger partial charge in [0.05, 0.1) is 43.8 Å². The SMILES string of the molecule is CCCC(=O)C(C(=O)O)(C(=O)O)C(=O)NC.Cc1cc(C)c(C)cc1C.Cc1ccc(-c2ccc(C)c(C)c2)cc1C.Cc1ccc(C)cc1.Cc1ccc(Oc2ccc(C)cc2)cc1.Nc1ccc(N)cc1.Nc1ccc(Oc2ccc(N)cc2)cc1.O=C1OC(=O)c2cc(-c3ccc4c(c3)C(=O)OC4=O)ccc21.O=c1oc(=O)c2cc3c(=O)oc(=O)c3cc12. The lowest BCUT2D eigenvalue weighted by Gasteiger charge is -2.21. The molecule has 16 rings (SSSR count). The Bertz CT molecular complexity index is 5950. The van der Waals surface area contributed by atoms with E-state index < -0.39 is 75.4 Å². The smallest absolute Gasteiger partial charge is 0.346 e. The number of aliphatic carboxylic acids is 2. The van der Waals surface area contributed by atoms with Gasteiger partial charge in [-0.2, -0.15) is 0 Å². The maximum absolute atomic E-state index is 11.6. The van der Waals surface area contributed by atoms with Crippen LogP contribution >= 0.6 is 0 Å². The zero-order chi connectivity index (χ0) is 92.6. The van der Waals surface area contributed by atoms with Crippen molar-refractivity contribution in [1.82, 2.24) is 5.32 Å². The van der Waals surface area contributed by atoms with E-state index in [0.717, 1.165) is 64.9 Å². The zero-order valence-electron chi connectivity index (χ0n) is 72.1. The van der Waals surface area contributed by atoms with E-state index in [1.165, 1.54) is 102 Å². The topological polar surface area (TPSA) is 425 Å². The second kappa shape index (κ2) is 43.5. The molecule has 14 aromatic rings. The number of furan rings is 2. The van der Waals surface area contributed by atoms with Gasteiger partial charge in [-0.15, -0.1) is 0 Å². The number of fused-ring (bicyclic) bond motifs is 4. The van der Waals surface area contributed by atoms with Gasteiger partial charge in [-0.25, -0.2) is 47.9 Å². The number of cyclic esters (lactones) is 4. The standard InChI is InChI=1S/C16H6O6.C16H18.C14H14O.C12H12N2O.C10H2O6.C10H14.C9H13NO6.C8H10.C6H8N2/c17-13-9-3-1-7(5-11(9)15(19)21-13)8-2-4-10-12(6-8)16(20)22-14(10)18;1-11-5-7-15(9-13(11)3)16-8-6-12(2)14(4)10-16;1-11-3-7-13(8-4-11)15-14-9-5-12(2)6-10-14;13-9-1-5-11(6-2-9)15-12-7-3-10(14)4-8-12;11-7-3-1-4-6(10(14)16-8(4)12)2-5(3)9(13)15-7;1-7-5-9(3)10(4)6-8(7)2;1-3-4-5(11)9(7(13)14,8(15)16)6(12)10-2;1-7-3-5-8(2)6-4-7;7-5-1-2-6(8)4-3-5/h1-6H;5-10H,1-4H3;3-10H,1-2H3;1-8H,13-14H2;1-2H;5-6H,1-4H3;3-4H2,1-2H3,(H,10,12)(H,13,14)(H,15,16);3-6H,1-2H3;1-4H,7-8H2. The van der Waals surface area contributed by atoms with Crippen molar-refractivity contribution in [1.29, 1.82) is 0 Å². The van der Waals surface area contributed by atoms with Gasteiger partial charge < -0.3 is 66.2 Å². The van der Waals surface area contributed by atoms with Crippen molar-refractivity contribution >= 4 is 91.8 Å². The molecule has 2 aromatic heterocycles. The molecule has 12 aromatic carbocycles. The number of amides is 1. The number of rotatable bonds is 12. The van der Waals surface area contributed by atoms with Crippen LogP contribution in [-0.4, -0.2) is 64.8 Å². The molecule has 0 spiro atoms. The Morgan fingerprint density at radius 1 is 0.317 bits per heavy atom. The molecule has 126 heavy (non-hydrogen) atoms. The molecule has 4 heterocycles. The number of nitrogen functional groups attached to an aromatic ring is 4. The highest BCUT2D eigenvalue weighted by atomic mass is 16.6. The number of carboxylic acids is 2. The Kier molecular flexibility index (Phi) is 33.0. The first-order valence-corrected chi connectivity index (χ1v) is 39.5. The molecule has 25 heteroatoms. The number of nitrogens with two attached hydrogens (primary N) is 4. The van der Waals surface area contributed by atoms with E-state index in [9.17, 15) is 57.5 Å². The van der Waals surface area contributed by atoms with Gasteiger partial charge >= 0.3 is 58.3 Å². The van der Waals surface area contributed by atoms with Gasteiger partial charge in [0.2, 0.25) is 0 Å². The lowest BCUT2D eigenvalue weighted by molar-refractivity contribution is -0.171. The summed E-state index contributed by atoms with van der Waals surface area (Å²) in [5.74, 6) is -5.88. The number of aryl methyl sites for hydroxylation is 12. The van der Waals surface area contributed by atoms with E-state index in [-0.39, 0.29) is 56.6 Å². The van der Waals surface area contributed by atoms with Crippen molar-refractivity contribution in [3.8, 4) is 45.3 Å². The summed E-state index contributed by atoms with van der Waals surface area (Å²) < 4.78 is 29.0. The van der Waals surface area contributed by atoms with Gasteiger partial charge in [0.15, 0.2) is 5.78 Å². The number of carbonyl (C=O) groups excluding carboxylic acids is 6. The molecule has 0 bridgehead atoms. The Balaban J connectivity index is 0.000000178. The summed E-state index contributed by atoms with van der Waals surface area (Å²) in [4.78, 5) is 135. The van der Waals surface area contributed by atoms with E-state index in [4.69, 9.17) is 42.6 Å². The second-order valence-corrected chi connectivity index (χ2v) is 29.7. The van der Waals surface area contributed by atoms with Crippen LogP contribution in [0.4, 0.5) is 22.7 Å². The highest BCUT2D eigenvalue weighted by Gasteiger charge is 2.59. The van der Waals surface area contributed by atoms with Gasteiger partial charge in [0.1, 0.15) is 23.0 Å². The van der Waals surface area contributed by atoms with Gasteiger partial charge in [0.25, 0.3) is 11.3 Å². The fraction of sp³-hybridized carbons (Fsp3) is 0.168. The number of benzene rings is 12. The van der Waals surface area contributed by atoms with Crippen molar-refractivity contribution in [2.24, 2.45) is 5.41 Å². The minimum atomic E-state index is -3.04. The van der Waals surface area contributed by atoms with Crippen molar-refractivity contribution in [2.45, 2.75) is 103 Å². The molecule has 2 aliphatic heterocycles. The summed E-state index contributed by atoms with van der Waals surface area (Å²) in [5.41, 5.74) is 39.3. The minimum absolute atomic E-state index is 0.0181. The van der Waals surface area contributed by atoms with E-state index in [0.29, 0.717) is 11.1 Å². The normalized spacial score (nSPS) is 11.2. The van der Waals surface area contributed by atoms with E-state index in [1.54, 1.807) is 67.6 Å². The Morgan fingerprint density at radius 3 is 0.833 bits per heavy atom. The van der Waals surface area contributed by atoms with Crippen LogP contribution in [-0.2, 0) is 28.7 Å². The highest BCUT2D eigenvalue weighted by molar-refractivity contribution is 6.34. The summed E-state index contributed by atoms with van der Waals surface area (Å²) in [7, 11) is 1.07. The quantitative estimate of drug-likeness (QED) is 0.0339. The number of ether oxygens (including phenoxy) is 4. The summed E-state index contributed by atoms with van der Waals surface area (Å²) in [5, 5.41) is 19.5. The van der Waals surface area contributed by atoms with Crippen molar-refractivity contribution in [2.75, 3.05) is 30.0 Å². The molecule has 0 saturated heterocycles. The number of carboxylic acid groups (broad SMARTS) is 2. The number of Topliss-reactive ketones (excluding diaryl/α,β-unsaturated/α-hetero) is 1. The molecule has 0 aliphatic carbocycles. The van der Waals surface area contributed by atoms with Gasteiger partial charge in [-0.3, -0.25) is 9.59 Å². The first-order chi connectivity index (χ1) is 59.7. The van der Waals surface area contributed by atoms with E-state index >= 15 is 0 Å². The Morgan fingerprint density at radius 2 is 0.563 bits per heavy atom. The molecular formula is C101H97N5O20. The van der Waals surface area contributed by atoms with Crippen LogP contribution in [0.1, 0.15) is 128 Å². The van der Waals surface area contributed by atoms with Crippen molar-refractivity contribution in [3.63, 3.8) is 0 Å². The molecule has 0 atom stereocenters. The number of hydrogen-bond donors (Lipinski definition) is 7. The average molecular weight is 1700 g/mol. The van der Waals surface area contributed by atoms with E-state index in [2.05, 4.69) is 174 Å². The third kappa shape index (κ3) is 25.4. The van der Waals surface area contributed by atoms with Crippen LogP contribution in [0, 0.1) is 88.5 Å². The zero-order valence-corrected chi connectivity index (χ0v) is 72.1. The number of esters is 4. The summed E-state index contributed by atoms with van der Waals surface area (Å²) in [6.45, 7) is 27.2. The number of anilines is 4. The monoisotopic (exact) mass is 1700 g/mol. The van der Waals surface area contributed by atoms with Crippen LogP contribution in [0.3, 0.4) is 0 Å². The number of ketones is 1. The fourth-order valence-electron chi connectivity index (χ4n) is 12.1. The average Bonchev–Trinajstić information content (AvgIpc) is 1.64. The largest absolute Gasteiger partial charge is 0.480 e. The van der Waals surface area contributed by atoms with Crippen LogP contribution in [0.2, 0.25) is 0 Å². The van der Waals surface area contributed by atoms with Crippen LogP contribution in [0.15, 0.2) is 271 Å². The van der Waals surface area contributed by atoms with Gasteiger partial charge in [-0.05, 0) is 290 Å². The number of nitrogens with one attached hydrogen (secondary N) is 1. The third-order valence-electron chi connectivity index (χ3n) is 20.0. The predicted octanol–water partition coefficient (Wildman–Crippen LogP) is 18.1. The molecular weight excluding hydrogens is 1600 g/mol. The maximum Gasteiger partial charge on any atom is 0.346 e. The summed E-state index contributed by atoms with van der Waals surface area (Å²) >= 11 is 0. The van der Waals surface area contributed by atoms with E-state index in [1.807, 2.05) is 78.1 Å². The molecule has 1 amide bonds. The highest BCUT2D eigenvalue weighted by Crippen LogP contribution is 2.33. The summed E-state index contributed by atoms with van der Waals surface area (Å²) in [6, 6.07) is 75.6. The number of carbonyl (C=O) groups is 8. The predicted molar refractivity (Wildman–Crippen MR) is 488 cm³/mol. The molecule has 0 fully saturated rings. The second-order valence-electron chi connectivity index (χ2n) is 29.7. The Labute approximate surface area is 726 Å².